The SMILES string of the molecule is O=C(O)C[C@@H]1Sc2ccccc2NC1=O. The van der Waals surface area contributed by atoms with Gasteiger partial charge in [0.05, 0.1) is 17.4 Å². The van der Waals surface area contributed by atoms with E-state index >= 15 is 0 Å². The van der Waals surface area contributed by atoms with Crippen molar-refractivity contribution in [2.75, 3.05) is 5.32 Å². The van der Waals surface area contributed by atoms with Crippen LogP contribution >= 0.6 is 11.8 Å². The Hall–Kier alpha value is -1.49. The average Bonchev–Trinajstić information content (AvgIpc) is 2.18. The van der Waals surface area contributed by atoms with Crippen molar-refractivity contribution in [2.45, 2.75) is 16.6 Å². The maximum absolute atomic E-state index is 11.5. The van der Waals surface area contributed by atoms with Crippen LogP contribution in [0.1, 0.15) is 6.42 Å². The van der Waals surface area contributed by atoms with E-state index in [0.717, 1.165) is 10.6 Å². The van der Waals surface area contributed by atoms with E-state index in [0.29, 0.717) is 0 Å². The molecular weight excluding hydrogens is 214 g/mol. The Labute approximate surface area is 90.7 Å². The minimum Gasteiger partial charge on any atom is -0.481 e. The lowest BCUT2D eigenvalue weighted by molar-refractivity contribution is -0.138. The molecule has 4 nitrogen and oxygen atoms in total. The Morgan fingerprint density at radius 1 is 1.47 bits per heavy atom. The van der Waals surface area contributed by atoms with Crippen molar-refractivity contribution < 1.29 is 14.7 Å². The van der Waals surface area contributed by atoms with Crippen LogP contribution in [-0.4, -0.2) is 22.2 Å². The van der Waals surface area contributed by atoms with Gasteiger partial charge in [-0.05, 0) is 12.1 Å². The number of carboxylic acid groups (broad SMARTS) is 1. The molecule has 0 saturated heterocycles. The number of anilines is 1. The highest BCUT2D eigenvalue weighted by Gasteiger charge is 2.28. The van der Waals surface area contributed by atoms with Crippen LogP contribution in [0.3, 0.4) is 0 Å². The minimum absolute atomic E-state index is 0.148. The Morgan fingerprint density at radius 2 is 2.20 bits per heavy atom. The Bertz CT molecular complexity index is 419. The first-order chi connectivity index (χ1) is 7.16. The van der Waals surface area contributed by atoms with Gasteiger partial charge < -0.3 is 10.4 Å². The molecule has 1 aromatic carbocycles. The number of rotatable bonds is 2. The van der Waals surface area contributed by atoms with E-state index in [2.05, 4.69) is 5.32 Å². The minimum atomic E-state index is -0.956. The number of carbonyl (C=O) groups excluding carboxylic acids is 1. The van der Waals surface area contributed by atoms with Crippen LogP contribution in [0.2, 0.25) is 0 Å². The van der Waals surface area contributed by atoms with Crippen molar-refractivity contribution in [2.24, 2.45) is 0 Å². The van der Waals surface area contributed by atoms with Crippen LogP contribution in [0, 0.1) is 0 Å². The van der Waals surface area contributed by atoms with Crippen LogP contribution in [0.15, 0.2) is 29.2 Å². The number of thioether (sulfide) groups is 1. The van der Waals surface area contributed by atoms with Crippen molar-refractivity contribution in [3.05, 3.63) is 24.3 Å². The van der Waals surface area contributed by atoms with Gasteiger partial charge in [0.1, 0.15) is 0 Å². The van der Waals surface area contributed by atoms with Crippen molar-refractivity contribution in [3.63, 3.8) is 0 Å². The van der Waals surface area contributed by atoms with Crippen LogP contribution in [0.25, 0.3) is 0 Å². The highest BCUT2D eigenvalue weighted by Crippen LogP contribution is 2.36. The summed E-state index contributed by atoms with van der Waals surface area (Å²) in [6.45, 7) is 0. The third-order valence-corrected chi connectivity index (χ3v) is 3.34. The van der Waals surface area contributed by atoms with Crippen LogP contribution in [-0.2, 0) is 9.59 Å². The standard InChI is InChI=1S/C10H9NO3S/c12-9(13)5-8-10(14)11-6-3-1-2-4-7(6)15-8/h1-4,8H,5H2,(H,11,14)(H,12,13)/t8-/m0/s1. The normalized spacial score (nSPS) is 19.2. The summed E-state index contributed by atoms with van der Waals surface area (Å²) >= 11 is 1.30. The number of hydrogen-bond acceptors (Lipinski definition) is 3. The molecule has 1 heterocycles. The number of amides is 1. The molecule has 0 spiro atoms. The van der Waals surface area contributed by atoms with Gasteiger partial charge in [-0.25, -0.2) is 0 Å². The quantitative estimate of drug-likeness (QED) is 0.798. The number of aliphatic carboxylic acids is 1. The van der Waals surface area contributed by atoms with E-state index in [9.17, 15) is 9.59 Å². The molecule has 0 radical (unpaired) electrons. The van der Waals surface area contributed by atoms with E-state index in [1.807, 2.05) is 18.2 Å². The topological polar surface area (TPSA) is 66.4 Å². The molecule has 0 aromatic heterocycles. The molecular formula is C10H9NO3S. The zero-order valence-corrected chi connectivity index (χ0v) is 8.58. The maximum atomic E-state index is 11.5. The molecule has 0 aliphatic carbocycles. The molecule has 0 unspecified atom stereocenters. The molecule has 1 atom stereocenters. The lowest BCUT2D eigenvalue weighted by atomic mass is 10.2. The largest absolute Gasteiger partial charge is 0.481 e. The number of para-hydroxylation sites is 1. The Balaban J connectivity index is 2.22. The third-order valence-electron chi connectivity index (χ3n) is 2.07. The predicted octanol–water partition coefficient (Wildman–Crippen LogP) is 1.57. The van der Waals surface area contributed by atoms with Gasteiger partial charge in [0.15, 0.2) is 0 Å². The number of carboxylic acids is 1. The molecule has 1 aromatic rings. The first kappa shape index (κ1) is 10.0. The zero-order chi connectivity index (χ0) is 10.8. The highest BCUT2D eigenvalue weighted by molar-refractivity contribution is 8.01. The molecule has 2 rings (SSSR count). The highest BCUT2D eigenvalue weighted by atomic mass is 32.2. The van der Waals surface area contributed by atoms with E-state index < -0.39 is 11.2 Å². The summed E-state index contributed by atoms with van der Waals surface area (Å²) in [6.07, 6.45) is -0.148. The van der Waals surface area contributed by atoms with Gasteiger partial charge in [-0.1, -0.05) is 12.1 Å². The molecule has 1 aliphatic rings. The summed E-state index contributed by atoms with van der Waals surface area (Å²) in [4.78, 5) is 22.9. The molecule has 0 fully saturated rings. The second kappa shape index (κ2) is 3.94. The fourth-order valence-electron chi connectivity index (χ4n) is 1.39. The lowest BCUT2D eigenvalue weighted by Crippen LogP contribution is -2.30. The Kier molecular flexibility index (Phi) is 2.64. The average molecular weight is 223 g/mol. The monoisotopic (exact) mass is 223 g/mol. The summed E-state index contributed by atoms with van der Waals surface area (Å²) in [6, 6.07) is 7.36. The van der Waals surface area contributed by atoms with Crippen LogP contribution < -0.4 is 5.32 Å². The van der Waals surface area contributed by atoms with Crippen molar-refractivity contribution in [1.82, 2.24) is 0 Å². The number of nitrogens with one attached hydrogen (secondary N) is 1. The summed E-state index contributed by atoms with van der Waals surface area (Å²) in [5.74, 6) is -1.19. The molecule has 0 bridgehead atoms. The molecule has 0 saturated carbocycles. The molecule has 1 amide bonds. The number of carbonyl (C=O) groups is 2. The van der Waals surface area contributed by atoms with E-state index in [-0.39, 0.29) is 12.3 Å². The summed E-state index contributed by atoms with van der Waals surface area (Å²) in [5.41, 5.74) is 0.758. The molecule has 5 heteroatoms. The van der Waals surface area contributed by atoms with Crippen molar-refractivity contribution in [3.8, 4) is 0 Å². The summed E-state index contributed by atoms with van der Waals surface area (Å²) in [5, 5.41) is 10.8. The van der Waals surface area contributed by atoms with Gasteiger partial charge in [0.2, 0.25) is 5.91 Å². The third kappa shape index (κ3) is 2.12. The molecule has 2 N–H and O–H groups in total. The molecule has 15 heavy (non-hydrogen) atoms. The van der Waals surface area contributed by atoms with Crippen LogP contribution in [0.4, 0.5) is 5.69 Å². The van der Waals surface area contributed by atoms with Crippen molar-refractivity contribution >= 4 is 29.3 Å². The van der Waals surface area contributed by atoms with E-state index in [1.54, 1.807) is 6.07 Å². The van der Waals surface area contributed by atoms with Gasteiger partial charge in [-0.15, -0.1) is 11.8 Å². The zero-order valence-electron chi connectivity index (χ0n) is 7.77. The molecule has 78 valence electrons. The first-order valence-corrected chi connectivity index (χ1v) is 5.33. The number of hydrogen-bond donors (Lipinski definition) is 2. The second-order valence-electron chi connectivity index (χ2n) is 3.19. The Morgan fingerprint density at radius 3 is 2.93 bits per heavy atom. The number of fused-ring (bicyclic) bond motifs is 1. The molecule has 1 aliphatic heterocycles. The van der Waals surface area contributed by atoms with Crippen molar-refractivity contribution in [1.29, 1.82) is 0 Å². The van der Waals surface area contributed by atoms with Gasteiger partial charge in [0, 0.05) is 4.90 Å². The lowest BCUT2D eigenvalue weighted by Gasteiger charge is -2.22. The summed E-state index contributed by atoms with van der Waals surface area (Å²) in [7, 11) is 0. The second-order valence-corrected chi connectivity index (χ2v) is 4.43. The van der Waals surface area contributed by atoms with Crippen LogP contribution in [0.5, 0.6) is 0 Å². The number of benzene rings is 1. The van der Waals surface area contributed by atoms with Gasteiger partial charge in [-0.2, -0.15) is 0 Å². The van der Waals surface area contributed by atoms with Gasteiger partial charge >= 0.3 is 5.97 Å². The fourth-order valence-corrected chi connectivity index (χ4v) is 2.49. The van der Waals surface area contributed by atoms with E-state index in [1.165, 1.54) is 11.8 Å². The van der Waals surface area contributed by atoms with E-state index in [4.69, 9.17) is 5.11 Å². The smallest absolute Gasteiger partial charge is 0.305 e. The van der Waals surface area contributed by atoms with Gasteiger partial charge in [-0.3, -0.25) is 9.59 Å². The van der Waals surface area contributed by atoms with Gasteiger partial charge in [0.25, 0.3) is 0 Å². The first-order valence-electron chi connectivity index (χ1n) is 4.45. The predicted molar refractivity (Wildman–Crippen MR) is 57.0 cm³/mol. The fraction of sp³-hybridized carbons (Fsp3) is 0.200. The maximum Gasteiger partial charge on any atom is 0.305 e. The summed E-state index contributed by atoms with van der Waals surface area (Å²) < 4.78 is 0.